The Hall–Kier alpha value is -1.43. The molecular weight excluding hydrogens is 294 g/mol. The summed E-state index contributed by atoms with van der Waals surface area (Å²) in [7, 11) is 1.66. The highest BCUT2D eigenvalue weighted by Gasteiger charge is 2.24. The average Bonchev–Trinajstić information content (AvgIpc) is 2.54. The summed E-state index contributed by atoms with van der Waals surface area (Å²) < 4.78 is 28.9. The van der Waals surface area contributed by atoms with Crippen molar-refractivity contribution in [1.29, 1.82) is 0 Å². The Morgan fingerprint density at radius 1 is 1.41 bits per heavy atom. The molecule has 1 aromatic carbocycles. The maximum absolute atomic E-state index is 13.7. The molecule has 1 amide bonds. The van der Waals surface area contributed by atoms with Crippen molar-refractivity contribution >= 4 is 32.7 Å². The fourth-order valence-corrected chi connectivity index (χ4v) is 2.33. The van der Waals surface area contributed by atoms with Gasteiger partial charge in [0.1, 0.15) is 5.56 Å². The lowest BCUT2D eigenvalue weighted by Gasteiger charge is -2.08. The predicted molar refractivity (Wildman–Crippen MR) is 63.8 cm³/mol. The standard InChI is InChI=1S/C11H9BrF2N2O/c1-4-3-5-7(12)9(14)8(13)6(11(15)17)10(5)16(4)2/h3H,1-2H3,(H2,15,17). The second kappa shape index (κ2) is 3.80. The van der Waals surface area contributed by atoms with Crippen LogP contribution in [-0.2, 0) is 7.05 Å². The van der Waals surface area contributed by atoms with Crippen LogP contribution >= 0.6 is 15.9 Å². The van der Waals surface area contributed by atoms with Crippen LogP contribution in [0.1, 0.15) is 16.1 Å². The van der Waals surface area contributed by atoms with Crippen molar-refractivity contribution in [3.63, 3.8) is 0 Å². The Balaban J connectivity index is 3.11. The summed E-state index contributed by atoms with van der Waals surface area (Å²) in [6.07, 6.45) is 0. The Labute approximate surface area is 104 Å². The molecule has 2 N–H and O–H groups in total. The molecule has 0 spiro atoms. The zero-order valence-corrected chi connectivity index (χ0v) is 10.7. The van der Waals surface area contributed by atoms with E-state index >= 15 is 0 Å². The van der Waals surface area contributed by atoms with Crippen LogP contribution in [0.25, 0.3) is 10.9 Å². The van der Waals surface area contributed by atoms with Crippen LogP contribution < -0.4 is 5.73 Å². The second-order valence-electron chi connectivity index (χ2n) is 3.79. The number of amides is 1. The van der Waals surface area contributed by atoms with Gasteiger partial charge in [0, 0.05) is 18.1 Å². The topological polar surface area (TPSA) is 48.0 Å². The van der Waals surface area contributed by atoms with Gasteiger partial charge >= 0.3 is 0 Å². The van der Waals surface area contributed by atoms with Gasteiger partial charge in [-0.15, -0.1) is 0 Å². The van der Waals surface area contributed by atoms with Gasteiger partial charge in [-0.25, -0.2) is 8.78 Å². The third-order valence-electron chi connectivity index (χ3n) is 2.80. The summed E-state index contributed by atoms with van der Waals surface area (Å²) in [6.45, 7) is 1.77. The van der Waals surface area contributed by atoms with Crippen LogP contribution in [0.5, 0.6) is 0 Å². The molecule has 0 aliphatic heterocycles. The number of primary amides is 1. The number of halogens is 3. The summed E-state index contributed by atoms with van der Waals surface area (Å²) >= 11 is 2.98. The Bertz CT molecular complexity index is 649. The molecule has 1 aromatic heterocycles. The SMILES string of the molecule is Cc1cc2c(Br)c(F)c(F)c(C(N)=O)c2n1C. The van der Waals surface area contributed by atoms with Crippen LogP contribution in [0.4, 0.5) is 8.78 Å². The zero-order chi connectivity index (χ0) is 12.9. The number of aromatic nitrogens is 1. The molecule has 0 saturated carbocycles. The molecule has 3 nitrogen and oxygen atoms in total. The van der Waals surface area contributed by atoms with Gasteiger partial charge in [-0.05, 0) is 28.9 Å². The molecule has 0 unspecified atom stereocenters. The molecule has 0 atom stereocenters. The van der Waals surface area contributed by atoms with E-state index in [1.807, 2.05) is 0 Å². The third-order valence-corrected chi connectivity index (χ3v) is 3.57. The van der Waals surface area contributed by atoms with Crippen LogP contribution in [0.3, 0.4) is 0 Å². The van der Waals surface area contributed by atoms with E-state index in [9.17, 15) is 13.6 Å². The highest BCUT2D eigenvalue weighted by atomic mass is 79.9. The first-order valence-electron chi connectivity index (χ1n) is 4.78. The molecule has 0 radical (unpaired) electrons. The van der Waals surface area contributed by atoms with Crippen molar-refractivity contribution in [2.24, 2.45) is 12.8 Å². The summed E-state index contributed by atoms with van der Waals surface area (Å²) in [5, 5.41) is 0.428. The number of carbonyl (C=O) groups is 1. The largest absolute Gasteiger partial charge is 0.365 e. The number of benzene rings is 1. The fraction of sp³-hybridized carbons (Fsp3) is 0.182. The number of rotatable bonds is 1. The number of fused-ring (bicyclic) bond motifs is 1. The minimum atomic E-state index is -1.22. The fourth-order valence-electron chi connectivity index (χ4n) is 1.85. The van der Waals surface area contributed by atoms with Gasteiger partial charge in [-0.2, -0.15) is 0 Å². The molecule has 2 rings (SSSR count). The molecule has 0 aliphatic carbocycles. The van der Waals surface area contributed by atoms with Gasteiger partial charge in [0.25, 0.3) is 5.91 Å². The molecule has 6 heteroatoms. The van der Waals surface area contributed by atoms with E-state index in [-0.39, 0.29) is 4.47 Å². The van der Waals surface area contributed by atoms with Gasteiger partial charge in [-0.3, -0.25) is 4.79 Å². The van der Waals surface area contributed by atoms with Crippen molar-refractivity contribution in [1.82, 2.24) is 4.57 Å². The molecule has 0 saturated heterocycles. The number of hydrogen-bond donors (Lipinski definition) is 1. The number of carbonyl (C=O) groups excluding carboxylic acids is 1. The van der Waals surface area contributed by atoms with Crippen molar-refractivity contribution in [3.05, 3.63) is 33.4 Å². The van der Waals surface area contributed by atoms with Gasteiger partial charge in [0.05, 0.1) is 9.99 Å². The lowest BCUT2D eigenvalue weighted by atomic mass is 10.1. The maximum atomic E-state index is 13.7. The minimum absolute atomic E-state index is 0.00120. The van der Waals surface area contributed by atoms with Crippen LogP contribution in [0.2, 0.25) is 0 Å². The average molecular weight is 303 g/mol. The lowest BCUT2D eigenvalue weighted by molar-refractivity contribution is 0.0997. The molecule has 0 fully saturated rings. The predicted octanol–water partition coefficient (Wildman–Crippen LogP) is 2.63. The molecule has 0 aliphatic rings. The number of nitrogens with zero attached hydrogens (tertiary/aromatic N) is 1. The van der Waals surface area contributed by atoms with Crippen LogP contribution in [-0.4, -0.2) is 10.5 Å². The lowest BCUT2D eigenvalue weighted by Crippen LogP contribution is -2.16. The minimum Gasteiger partial charge on any atom is -0.365 e. The quantitative estimate of drug-likeness (QED) is 0.809. The van der Waals surface area contributed by atoms with E-state index < -0.39 is 23.1 Å². The van der Waals surface area contributed by atoms with E-state index in [0.717, 1.165) is 5.69 Å². The number of hydrogen-bond acceptors (Lipinski definition) is 1. The van der Waals surface area contributed by atoms with Gasteiger partial charge < -0.3 is 10.3 Å². The van der Waals surface area contributed by atoms with E-state index in [0.29, 0.717) is 10.9 Å². The van der Waals surface area contributed by atoms with Crippen LogP contribution in [0, 0.1) is 18.6 Å². The molecule has 2 aromatic rings. The normalized spacial score (nSPS) is 11.1. The Kier molecular flexibility index (Phi) is 2.69. The van der Waals surface area contributed by atoms with E-state index in [1.165, 1.54) is 0 Å². The summed E-state index contributed by atoms with van der Waals surface area (Å²) in [4.78, 5) is 11.2. The first-order chi connectivity index (χ1) is 7.86. The zero-order valence-electron chi connectivity index (χ0n) is 9.14. The van der Waals surface area contributed by atoms with Gasteiger partial charge in [0.2, 0.25) is 0 Å². The van der Waals surface area contributed by atoms with E-state index in [2.05, 4.69) is 15.9 Å². The first kappa shape index (κ1) is 12.0. The Morgan fingerprint density at radius 3 is 2.53 bits per heavy atom. The molecular formula is C11H9BrF2N2O. The van der Waals surface area contributed by atoms with Crippen molar-refractivity contribution in [3.8, 4) is 0 Å². The monoisotopic (exact) mass is 302 g/mol. The molecule has 1 heterocycles. The van der Waals surface area contributed by atoms with Gasteiger partial charge in [0.15, 0.2) is 11.6 Å². The molecule has 17 heavy (non-hydrogen) atoms. The number of nitrogens with two attached hydrogens (primary N) is 1. The highest BCUT2D eigenvalue weighted by molar-refractivity contribution is 9.10. The van der Waals surface area contributed by atoms with Crippen molar-refractivity contribution < 1.29 is 13.6 Å². The van der Waals surface area contributed by atoms with Crippen LogP contribution in [0.15, 0.2) is 10.5 Å². The van der Waals surface area contributed by atoms with Crippen molar-refractivity contribution in [2.75, 3.05) is 0 Å². The second-order valence-corrected chi connectivity index (χ2v) is 4.58. The van der Waals surface area contributed by atoms with Gasteiger partial charge in [-0.1, -0.05) is 0 Å². The highest BCUT2D eigenvalue weighted by Crippen LogP contribution is 2.34. The van der Waals surface area contributed by atoms with Crippen molar-refractivity contribution in [2.45, 2.75) is 6.92 Å². The summed E-state index contributed by atoms with van der Waals surface area (Å²) in [6, 6.07) is 1.66. The first-order valence-corrected chi connectivity index (χ1v) is 5.57. The smallest absolute Gasteiger partial charge is 0.253 e. The molecule has 90 valence electrons. The maximum Gasteiger partial charge on any atom is 0.253 e. The molecule has 0 bridgehead atoms. The number of aryl methyl sites for hydroxylation is 2. The summed E-state index contributed by atoms with van der Waals surface area (Å²) in [5.41, 5.74) is 5.75. The van der Waals surface area contributed by atoms with E-state index in [4.69, 9.17) is 5.73 Å². The Morgan fingerprint density at radius 2 is 2.00 bits per heavy atom. The van der Waals surface area contributed by atoms with E-state index in [1.54, 1.807) is 24.6 Å². The third kappa shape index (κ3) is 1.55. The summed E-state index contributed by atoms with van der Waals surface area (Å²) in [5.74, 6) is -3.31.